The molecule has 0 unspecified atom stereocenters. The molecule has 0 saturated carbocycles. The van der Waals surface area contributed by atoms with E-state index < -0.39 is 22.0 Å². The number of rotatable bonds is 6. The molecule has 0 aromatic heterocycles. The maximum Gasteiger partial charge on any atom is 0.354 e. The number of hydrogen-bond acceptors (Lipinski definition) is 8. The van der Waals surface area contributed by atoms with Crippen molar-refractivity contribution in [1.82, 2.24) is 0 Å². The summed E-state index contributed by atoms with van der Waals surface area (Å²) >= 11 is 0. The van der Waals surface area contributed by atoms with Gasteiger partial charge in [0.1, 0.15) is 16.3 Å². The van der Waals surface area contributed by atoms with Gasteiger partial charge in [-0.25, -0.2) is 23.1 Å². The fraction of sp³-hybridized carbons (Fsp3) is 0.231. The van der Waals surface area contributed by atoms with Gasteiger partial charge in [0.2, 0.25) is 10.0 Å². The number of primary sulfonamides is 1. The summed E-state index contributed by atoms with van der Waals surface area (Å²) in [5.41, 5.74) is -0.0692. The van der Waals surface area contributed by atoms with Crippen molar-refractivity contribution < 1.29 is 32.2 Å². The monoisotopic (exact) mass is 344 g/mol. The number of methoxy groups -OCH3 is 3. The van der Waals surface area contributed by atoms with Crippen LogP contribution < -0.4 is 15.2 Å². The fourth-order valence-electron chi connectivity index (χ4n) is 1.57. The van der Waals surface area contributed by atoms with Gasteiger partial charge in [-0.1, -0.05) is 0 Å². The first-order chi connectivity index (χ1) is 10.7. The highest BCUT2D eigenvalue weighted by Gasteiger charge is 2.18. The standard InChI is InChI=1S/C13H16N2O7S/c1-20-10-5-4-8(6-11(10)23(14,18)19)15-9(13(17)22-3)7-12(16)21-2/h4-7,15H,1-3H3,(H2,14,18,19)/b9-7+. The number of carbonyl (C=O) groups is 2. The Labute approximate surface area is 133 Å². The van der Waals surface area contributed by atoms with Crippen molar-refractivity contribution in [3.8, 4) is 5.75 Å². The second-order valence-corrected chi connectivity index (χ2v) is 5.64. The summed E-state index contributed by atoms with van der Waals surface area (Å²) in [6.07, 6.45) is 0.868. The van der Waals surface area contributed by atoms with Gasteiger partial charge in [0, 0.05) is 5.69 Å². The van der Waals surface area contributed by atoms with Gasteiger partial charge < -0.3 is 19.5 Å². The van der Waals surface area contributed by atoms with Crippen LogP contribution in [0.2, 0.25) is 0 Å². The molecule has 0 heterocycles. The van der Waals surface area contributed by atoms with Gasteiger partial charge in [-0.3, -0.25) is 0 Å². The molecule has 23 heavy (non-hydrogen) atoms. The molecule has 0 aliphatic carbocycles. The van der Waals surface area contributed by atoms with E-state index in [-0.39, 0.29) is 22.0 Å². The molecule has 126 valence electrons. The maximum atomic E-state index is 11.6. The van der Waals surface area contributed by atoms with Crippen molar-refractivity contribution >= 4 is 27.6 Å². The largest absolute Gasteiger partial charge is 0.495 e. The smallest absolute Gasteiger partial charge is 0.354 e. The molecule has 9 nitrogen and oxygen atoms in total. The van der Waals surface area contributed by atoms with Gasteiger partial charge in [0.15, 0.2) is 0 Å². The van der Waals surface area contributed by atoms with Crippen molar-refractivity contribution in [3.05, 3.63) is 30.0 Å². The predicted octanol–water partition coefficient (Wildman–Crippen LogP) is -0.0156. The van der Waals surface area contributed by atoms with E-state index in [0.29, 0.717) is 0 Å². The molecular weight excluding hydrogens is 328 g/mol. The molecule has 3 N–H and O–H groups in total. The quantitative estimate of drug-likeness (QED) is 0.543. The van der Waals surface area contributed by atoms with Gasteiger partial charge in [0.25, 0.3) is 0 Å². The van der Waals surface area contributed by atoms with E-state index in [1.807, 2.05) is 0 Å². The molecule has 10 heteroatoms. The van der Waals surface area contributed by atoms with Gasteiger partial charge in [0.05, 0.1) is 27.4 Å². The Morgan fingerprint density at radius 2 is 1.83 bits per heavy atom. The van der Waals surface area contributed by atoms with Crippen LogP contribution in [0.4, 0.5) is 5.69 Å². The first kappa shape index (κ1) is 18.5. The van der Waals surface area contributed by atoms with Gasteiger partial charge in [-0.05, 0) is 18.2 Å². The van der Waals surface area contributed by atoms with Crippen molar-refractivity contribution in [1.29, 1.82) is 0 Å². The molecule has 0 bridgehead atoms. The zero-order chi connectivity index (χ0) is 17.6. The summed E-state index contributed by atoms with van der Waals surface area (Å²) in [7, 11) is -0.501. The molecule has 0 aliphatic rings. The summed E-state index contributed by atoms with van der Waals surface area (Å²) in [4.78, 5) is 22.6. The highest BCUT2D eigenvalue weighted by Crippen LogP contribution is 2.26. The second kappa shape index (κ2) is 7.61. The Kier molecular flexibility index (Phi) is 6.10. The van der Waals surface area contributed by atoms with Crippen LogP contribution in [0.25, 0.3) is 0 Å². The highest BCUT2D eigenvalue weighted by molar-refractivity contribution is 7.89. The lowest BCUT2D eigenvalue weighted by Gasteiger charge is -2.12. The highest BCUT2D eigenvalue weighted by atomic mass is 32.2. The average molecular weight is 344 g/mol. The Morgan fingerprint density at radius 3 is 2.30 bits per heavy atom. The number of nitrogens with one attached hydrogen (secondary N) is 1. The number of ether oxygens (including phenoxy) is 3. The molecular formula is C13H16N2O7S. The van der Waals surface area contributed by atoms with Crippen LogP contribution in [0.1, 0.15) is 0 Å². The third-order valence-electron chi connectivity index (χ3n) is 2.62. The number of esters is 2. The zero-order valence-electron chi connectivity index (χ0n) is 12.7. The second-order valence-electron chi connectivity index (χ2n) is 4.11. The van der Waals surface area contributed by atoms with E-state index in [4.69, 9.17) is 9.88 Å². The predicted molar refractivity (Wildman–Crippen MR) is 80.1 cm³/mol. The van der Waals surface area contributed by atoms with Crippen LogP contribution in [0, 0.1) is 0 Å². The van der Waals surface area contributed by atoms with Crippen molar-refractivity contribution in [2.45, 2.75) is 4.90 Å². The summed E-state index contributed by atoms with van der Waals surface area (Å²) < 4.78 is 37.0. The lowest BCUT2D eigenvalue weighted by molar-refractivity contribution is -0.138. The van der Waals surface area contributed by atoms with E-state index in [1.54, 1.807) is 0 Å². The third kappa shape index (κ3) is 4.97. The number of anilines is 1. The molecule has 1 aromatic carbocycles. The summed E-state index contributed by atoms with van der Waals surface area (Å²) in [5, 5.41) is 7.67. The van der Waals surface area contributed by atoms with Crippen molar-refractivity contribution in [2.24, 2.45) is 5.14 Å². The zero-order valence-corrected chi connectivity index (χ0v) is 13.5. The molecule has 0 amide bonds. The summed E-state index contributed by atoms with van der Waals surface area (Å²) in [6, 6.07) is 3.93. The van der Waals surface area contributed by atoms with E-state index in [1.165, 1.54) is 19.2 Å². The van der Waals surface area contributed by atoms with E-state index in [2.05, 4.69) is 14.8 Å². The third-order valence-corrected chi connectivity index (χ3v) is 3.55. The molecule has 1 aromatic rings. The molecule has 1 rings (SSSR count). The minimum Gasteiger partial charge on any atom is -0.495 e. The van der Waals surface area contributed by atoms with Crippen LogP contribution in [0.15, 0.2) is 34.9 Å². The Balaban J connectivity index is 3.27. The first-order valence-electron chi connectivity index (χ1n) is 6.08. The van der Waals surface area contributed by atoms with Crippen LogP contribution in [-0.2, 0) is 29.1 Å². The van der Waals surface area contributed by atoms with Crippen molar-refractivity contribution in [2.75, 3.05) is 26.6 Å². The number of hydrogen-bond donors (Lipinski definition) is 2. The van der Waals surface area contributed by atoms with Gasteiger partial charge >= 0.3 is 11.9 Å². The van der Waals surface area contributed by atoms with Crippen LogP contribution in [-0.4, -0.2) is 41.7 Å². The first-order valence-corrected chi connectivity index (χ1v) is 7.63. The minimum atomic E-state index is -4.05. The minimum absolute atomic E-state index is 0.0367. The van der Waals surface area contributed by atoms with Crippen LogP contribution >= 0.6 is 0 Å². The van der Waals surface area contributed by atoms with E-state index >= 15 is 0 Å². The summed E-state index contributed by atoms with van der Waals surface area (Å²) in [6.45, 7) is 0. The fourth-order valence-corrected chi connectivity index (χ4v) is 2.29. The molecule has 0 fully saturated rings. The van der Waals surface area contributed by atoms with Gasteiger partial charge in [-0.15, -0.1) is 0 Å². The van der Waals surface area contributed by atoms with E-state index in [0.717, 1.165) is 26.4 Å². The average Bonchev–Trinajstić information content (AvgIpc) is 2.52. The van der Waals surface area contributed by atoms with Gasteiger partial charge in [-0.2, -0.15) is 0 Å². The molecule has 0 spiro atoms. The Morgan fingerprint density at radius 1 is 1.17 bits per heavy atom. The number of benzene rings is 1. The lowest BCUT2D eigenvalue weighted by Crippen LogP contribution is -2.17. The molecule has 0 aliphatic heterocycles. The van der Waals surface area contributed by atoms with E-state index in [9.17, 15) is 18.0 Å². The Bertz CT molecular complexity index is 741. The topological polar surface area (TPSA) is 134 Å². The number of nitrogens with two attached hydrogens (primary N) is 1. The van der Waals surface area contributed by atoms with Crippen molar-refractivity contribution in [3.63, 3.8) is 0 Å². The maximum absolute atomic E-state index is 11.6. The van der Waals surface area contributed by atoms with Crippen LogP contribution in [0.5, 0.6) is 5.75 Å². The van der Waals surface area contributed by atoms with Crippen LogP contribution in [0.3, 0.4) is 0 Å². The summed E-state index contributed by atoms with van der Waals surface area (Å²) in [5.74, 6) is -1.60. The number of sulfonamides is 1. The Hall–Kier alpha value is -2.59. The number of carbonyl (C=O) groups excluding carboxylic acids is 2. The molecule has 0 saturated heterocycles. The molecule has 0 atom stereocenters. The SMILES string of the molecule is COC(=O)/C=C(/Nc1ccc(OC)c(S(N)(=O)=O)c1)C(=O)OC. The lowest BCUT2D eigenvalue weighted by atomic mass is 10.2. The molecule has 0 radical (unpaired) electrons. The normalized spacial score (nSPS) is 11.6.